The van der Waals surface area contributed by atoms with Crippen LogP contribution in [0, 0.1) is 0 Å². The van der Waals surface area contributed by atoms with Gasteiger partial charge in [-0.25, -0.2) is 9.79 Å². The molecule has 2 heterocycles. The lowest BCUT2D eigenvalue weighted by molar-refractivity contribution is -0.138. The van der Waals surface area contributed by atoms with Crippen LogP contribution in [0.25, 0.3) is 6.08 Å². The molecule has 164 valence electrons. The molecule has 2 aromatic carbocycles. The molecule has 1 aliphatic rings. The van der Waals surface area contributed by atoms with Crippen LogP contribution in [0.1, 0.15) is 24.8 Å². The minimum absolute atomic E-state index is 0.188. The number of esters is 1. The van der Waals surface area contributed by atoms with Crippen molar-refractivity contribution in [1.29, 1.82) is 0 Å². The molecule has 0 saturated carbocycles. The molecule has 6 nitrogen and oxygen atoms in total. The van der Waals surface area contributed by atoms with E-state index in [1.807, 2.05) is 60.7 Å². The Kier molecular flexibility index (Phi) is 6.62. The van der Waals surface area contributed by atoms with Gasteiger partial charge in [-0.05, 0) is 49.8 Å². The van der Waals surface area contributed by atoms with Crippen LogP contribution in [0.4, 0.5) is 0 Å². The average molecular weight is 467 g/mol. The van der Waals surface area contributed by atoms with Gasteiger partial charge in [0.2, 0.25) is 0 Å². The normalized spacial score (nSPS) is 15.8. The average Bonchev–Trinajstić information content (AvgIpc) is 3.09. The fourth-order valence-corrected chi connectivity index (χ4v) is 5.70. The van der Waals surface area contributed by atoms with Crippen molar-refractivity contribution in [3.8, 4) is 5.75 Å². The number of rotatable bonds is 6. The van der Waals surface area contributed by atoms with E-state index in [4.69, 9.17) is 9.47 Å². The van der Waals surface area contributed by atoms with Crippen molar-refractivity contribution in [2.75, 3.05) is 13.7 Å². The first-order valence-electron chi connectivity index (χ1n) is 10.1. The fraction of sp³-hybridized carbons (Fsp3) is 0.208. The SMILES string of the molecule is CCOC(=O)C1=C(C)N=c2s/c(=C\c3ccc(OC)cc3)c(=O)n2C1Sc1ccccc1. The number of aromatic nitrogens is 1. The maximum atomic E-state index is 13.4. The molecule has 32 heavy (non-hydrogen) atoms. The smallest absolute Gasteiger partial charge is 0.338 e. The van der Waals surface area contributed by atoms with Gasteiger partial charge in [-0.15, -0.1) is 0 Å². The molecule has 8 heteroatoms. The van der Waals surface area contributed by atoms with E-state index in [-0.39, 0.29) is 12.2 Å². The van der Waals surface area contributed by atoms with Crippen LogP contribution >= 0.6 is 23.1 Å². The predicted molar refractivity (Wildman–Crippen MR) is 127 cm³/mol. The molecule has 4 rings (SSSR count). The summed E-state index contributed by atoms with van der Waals surface area (Å²) in [5.41, 5.74) is 1.65. The van der Waals surface area contributed by atoms with Crippen molar-refractivity contribution in [3.05, 3.63) is 91.1 Å². The van der Waals surface area contributed by atoms with Crippen LogP contribution < -0.4 is 19.6 Å². The van der Waals surface area contributed by atoms with Crippen molar-refractivity contribution in [1.82, 2.24) is 4.57 Å². The molecule has 3 aromatic rings. The van der Waals surface area contributed by atoms with E-state index >= 15 is 0 Å². The first-order valence-corrected chi connectivity index (χ1v) is 11.8. The molecule has 0 radical (unpaired) electrons. The van der Waals surface area contributed by atoms with Crippen LogP contribution in [-0.4, -0.2) is 24.3 Å². The van der Waals surface area contributed by atoms with Crippen molar-refractivity contribution in [3.63, 3.8) is 0 Å². The highest BCUT2D eigenvalue weighted by atomic mass is 32.2. The van der Waals surface area contributed by atoms with E-state index < -0.39 is 11.3 Å². The summed E-state index contributed by atoms with van der Waals surface area (Å²) in [5, 5.41) is -0.564. The van der Waals surface area contributed by atoms with Gasteiger partial charge in [0, 0.05) is 4.90 Å². The molecule has 0 aliphatic carbocycles. The molecule has 0 N–H and O–H groups in total. The number of methoxy groups -OCH3 is 1. The lowest BCUT2D eigenvalue weighted by Crippen LogP contribution is -2.38. The Morgan fingerprint density at radius 2 is 1.91 bits per heavy atom. The second-order valence-electron chi connectivity index (χ2n) is 6.96. The molecule has 1 aromatic heterocycles. The Labute approximate surface area is 193 Å². The number of carbonyl (C=O) groups excluding carboxylic acids is 1. The topological polar surface area (TPSA) is 69.9 Å². The Hall–Kier alpha value is -3.10. The lowest BCUT2D eigenvalue weighted by Gasteiger charge is -2.23. The summed E-state index contributed by atoms with van der Waals surface area (Å²) in [6, 6.07) is 17.2. The summed E-state index contributed by atoms with van der Waals surface area (Å²) in [5.74, 6) is 0.296. The molecule has 1 unspecified atom stereocenters. The van der Waals surface area contributed by atoms with Gasteiger partial charge in [-0.2, -0.15) is 0 Å². The van der Waals surface area contributed by atoms with Crippen molar-refractivity contribution >= 4 is 35.1 Å². The van der Waals surface area contributed by atoms with Crippen LogP contribution in [0.2, 0.25) is 0 Å². The minimum atomic E-state index is -0.564. The molecular formula is C24H22N2O4S2. The zero-order valence-corrected chi connectivity index (χ0v) is 19.5. The summed E-state index contributed by atoms with van der Waals surface area (Å²) >= 11 is 2.74. The first-order chi connectivity index (χ1) is 15.5. The number of hydrogen-bond donors (Lipinski definition) is 0. The minimum Gasteiger partial charge on any atom is -0.497 e. The molecule has 0 bridgehead atoms. The van der Waals surface area contributed by atoms with Gasteiger partial charge < -0.3 is 9.47 Å². The number of fused-ring (bicyclic) bond motifs is 1. The Balaban J connectivity index is 1.85. The highest BCUT2D eigenvalue weighted by molar-refractivity contribution is 7.99. The van der Waals surface area contributed by atoms with E-state index in [9.17, 15) is 9.59 Å². The summed E-state index contributed by atoms with van der Waals surface area (Å²) in [7, 11) is 1.61. The lowest BCUT2D eigenvalue weighted by atomic mass is 10.2. The van der Waals surface area contributed by atoms with Gasteiger partial charge in [0.1, 0.15) is 11.1 Å². The number of allylic oxidation sites excluding steroid dienone is 1. The zero-order valence-electron chi connectivity index (χ0n) is 17.9. The number of ether oxygens (including phenoxy) is 2. The third kappa shape index (κ3) is 4.42. The largest absolute Gasteiger partial charge is 0.497 e. The second-order valence-corrected chi connectivity index (χ2v) is 9.12. The van der Waals surface area contributed by atoms with E-state index in [1.54, 1.807) is 25.5 Å². The highest BCUT2D eigenvalue weighted by Crippen LogP contribution is 2.38. The Morgan fingerprint density at radius 3 is 2.56 bits per heavy atom. The number of benzene rings is 2. The molecule has 0 spiro atoms. The van der Waals surface area contributed by atoms with E-state index in [0.717, 1.165) is 16.2 Å². The first kappa shape index (κ1) is 22.1. The highest BCUT2D eigenvalue weighted by Gasteiger charge is 2.32. The monoisotopic (exact) mass is 466 g/mol. The van der Waals surface area contributed by atoms with Gasteiger partial charge in [0.25, 0.3) is 5.56 Å². The van der Waals surface area contributed by atoms with Crippen LogP contribution in [0.15, 0.2) is 80.5 Å². The zero-order chi connectivity index (χ0) is 22.7. The van der Waals surface area contributed by atoms with E-state index in [0.29, 0.717) is 20.6 Å². The van der Waals surface area contributed by atoms with Gasteiger partial charge in [-0.3, -0.25) is 9.36 Å². The fourth-order valence-electron chi connectivity index (χ4n) is 3.33. The number of thiazole rings is 1. The summed E-state index contributed by atoms with van der Waals surface area (Å²) < 4.78 is 12.6. The Morgan fingerprint density at radius 1 is 1.19 bits per heavy atom. The standard InChI is InChI=1S/C24H22N2O4S2/c1-4-30-23(28)20-15(2)25-24-26(22(20)31-18-8-6-5-7-9-18)21(27)19(32-24)14-16-10-12-17(29-3)13-11-16/h5-14,22H,4H2,1-3H3/b19-14-. The number of carbonyl (C=O) groups is 1. The van der Waals surface area contributed by atoms with E-state index in [2.05, 4.69) is 4.99 Å². The van der Waals surface area contributed by atoms with Crippen molar-refractivity contribution in [2.24, 2.45) is 4.99 Å². The van der Waals surface area contributed by atoms with Crippen LogP contribution in [0.3, 0.4) is 0 Å². The van der Waals surface area contributed by atoms with Gasteiger partial charge in [0.05, 0.1) is 29.5 Å². The van der Waals surface area contributed by atoms with Gasteiger partial charge in [0.15, 0.2) is 4.80 Å². The molecule has 0 fully saturated rings. The maximum Gasteiger partial charge on any atom is 0.338 e. The second kappa shape index (κ2) is 9.58. The molecule has 1 atom stereocenters. The Bertz CT molecular complexity index is 1340. The number of hydrogen-bond acceptors (Lipinski definition) is 7. The summed E-state index contributed by atoms with van der Waals surface area (Å²) in [4.78, 5) is 32.3. The van der Waals surface area contributed by atoms with Crippen molar-refractivity contribution in [2.45, 2.75) is 24.1 Å². The molecule has 1 aliphatic heterocycles. The maximum absolute atomic E-state index is 13.4. The van der Waals surface area contributed by atoms with Gasteiger partial charge in [-0.1, -0.05) is 53.4 Å². The quantitative estimate of drug-likeness (QED) is 0.520. The van der Waals surface area contributed by atoms with E-state index in [1.165, 1.54) is 23.1 Å². The van der Waals surface area contributed by atoms with Crippen molar-refractivity contribution < 1.29 is 14.3 Å². The molecule has 0 saturated heterocycles. The molecule has 0 amide bonds. The van der Waals surface area contributed by atoms with Crippen LogP contribution in [0.5, 0.6) is 5.75 Å². The summed E-state index contributed by atoms with van der Waals surface area (Å²) in [6.07, 6.45) is 1.83. The number of thioether (sulfide) groups is 1. The third-order valence-corrected chi connectivity index (χ3v) is 7.07. The molecular weight excluding hydrogens is 444 g/mol. The van der Waals surface area contributed by atoms with Gasteiger partial charge >= 0.3 is 5.97 Å². The summed E-state index contributed by atoms with van der Waals surface area (Å²) in [6.45, 7) is 3.79. The van der Waals surface area contributed by atoms with Crippen LogP contribution in [-0.2, 0) is 9.53 Å². The third-order valence-electron chi connectivity index (χ3n) is 4.87. The number of nitrogens with zero attached hydrogens (tertiary/aromatic N) is 2. The predicted octanol–water partition coefficient (Wildman–Crippen LogP) is 3.51.